The van der Waals surface area contributed by atoms with Gasteiger partial charge in [-0.2, -0.15) is 5.10 Å². The molecule has 0 spiro atoms. The van der Waals surface area contributed by atoms with Gasteiger partial charge in [-0.15, -0.1) is 0 Å². The third-order valence-electron chi connectivity index (χ3n) is 4.45. The van der Waals surface area contributed by atoms with Crippen LogP contribution < -0.4 is 5.73 Å². The van der Waals surface area contributed by atoms with Gasteiger partial charge in [-0.3, -0.25) is 5.10 Å². The molecule has 1 aromatic heterocycles. The number of aromatic amines is 1. The van der Waals surface area contributed by atoms with E-state index in [2.05, 4.69) is 10.2 Å². The largest absolute Gasteiger partial charge is 0.446 e. The molecule has 1 unspecified atom stereocenters. The second kappa shape index (κ2) is 5.93. The van der Waals surface area contributed by atoms with Crippen LogP contribution in [0.5, 0.6) is 0 Å². The predicted octanol–water partition coefficient (Wildman–Crippen LogP) is 1.49. The zero-order valence-corrected chi connectivity index (χ0v) is 12.2. The number of carbonyl (C=O) groups excluding carboxylic acids is 1. The molecule has 2 fully saturated rings. The van der Waals surface area contributed by atoms with Gasteiger partial charge in [0.25, 0.3) is 0 Å². The molecule has 1 aliphatic heterocycles. The van der Waals surface area contributed by atoms with E-state index in [1.807, 2.05) is 6.07 Å². The van der Waals surface area contributed by atoms with Crippen LogP contribution in [0.25, 0.3) is 0 Å². The zero-order chi connectivity index (χ0) is 14.8. The van der Waals surface area contributed by atoms with Crippen molar-refractivity contribution < 1.29 is 14.3 Å². The van der Waals surface area contributed by atoms with Crippen LogP contribution >= 0.6 is 0 Å². The van der Waals surface area contributed by atoms with E-state index >= 15 is 0 Å². The third kappa shape index (κ3) is 3.12. The highest BCUT2D eigenvalue weighted by Gasteiger charge is 2.32. The number of carbonyl (C=O) groups is 1. The Balaban J connectivity index is 1.51. The number of hydrogen-bond donors (Lipinski definition) is 2. The molecule has 3 N–H and O–H groups in total. The molecule has 0 bridgehead atoms. The van der Waals surface area contributed by atoms with E-state index < -0.39 is 0 Å². The number of ether oxygens (including phenoxy) is 2. The number of nitrogens with two attached hydrogens (primary N) is 1. The quantitative estimate of drug-likeness (QED) is 0.880. The molecule has 21 heavy (non-hydrogen) atoms. The summed E-state index contributed by atoms with van der Waals surface area (Å²) in [4.78, 5) is 13.8. The molecule has 3 atom stereocenters. The molecule has 1 aromatic rings. The molecule has 1 amide bonds. The topological polar surface area (TPSA) is 93.5 Å². The Bertz CT molecular complexity index is 498. The number of likely N-dealkylation sites (N-methyl/N-ethyl adjacent to an activating group) is 1. The highest BCUT2D eigenvalue weighted by Crippen LogP contribution is 2.35. The number of aromatic nitrogens is 2. The van der Waals surface area contributed by atoms with Crippen molar-refractivity contribution in [1.29, 1.82) is 0 Å². The first kappa shape index (κ1) is 14.2. The standard InChI is InChI=1S/C14H22N4O3/c1-18(10-4-5-20-8-10)14(19)21-11-3-2-9(6-11)12-7-13(15)17-16-12/h7,9-11H,2-6,8H2,1H3,(H3,15,16,17)/t9-,10?,11+/m1/s1. The first-order valence-corrected chi connectivity index (χ1v) is 7.45. The van der Waals surface area contributed by atoms with E-state index in [1.54, 1.807) is 11.9 Å². The number of amides is 1. The van der Waals surface area contributed by atoms with E-state index in [-0.39, 0.29) is 18.2 Å². The van der Waals surface area contributed by atoms with Crippen molar-refractivity contribution in [2.75, 3.05) is 26.0 Å². The van der Waals surface area contributed by atoms with Gasteiger partial charge in [0.2, 0.25) is 0 Å². The van der Waals surface area contributed by atoms with Crippen LogP contribution in [0.3, 0.4) is 0 Å². The second-order valence-electron chi connectivity index (χ2n) is 5.89. The lowest BCUT2D eigenvalue weighted by molar-refractivity contribution is 0.0581. The lowest BCUT2D eigenvalue weighted by atomic mass is 10.0. The predicted molar refractivity (Wildman–Crippen MR) is 76.8 cm³/mol. The summed E-state index contributed by atoms with van der Waals surface area (Å²) in [5.41, 5.74) is 6.66. The highest BCUT2D eigenvalue weighted by atomic mass is 16.6. The van der Waals surface area contributed by atoms with Gasteiger partial charge in [0.1, 0.15) is 11.9 Å². The summed E-state index contributed by atoms with van der Waals surface area (Å²) < 4.78 is 10.9. The average molecular weight is 294 g/mol. The summed E-state index contributed by atoms with van der Waals surface area (Å²) >= 11 is 0. The van der Waals surface area contributed by atoms with Crippen molar-refractivity contribution >= 4 is 11.9 Å². The van der Waals surface area contributed by atoms with Crippen LogP contribution in [0.4, 0.5) is 10.6 Å². The molecular formula is C14H22N4O3. The molecule has 3 rings (SSSR count). The number of anilines is 1. The van der Waals surface area contributed by atoms with Crippen LogP contribution in [-0.2, 0) is 9.47 Å². The number of rotatable bonds is 3. The van der Waals surface area contributed by atoms with Gasteiger partial charge >= 0.3 is 6.09 Å². The molecule has 7 heteroatoms. The van der Waals surface area contributed by atoms with E-state index in [9.17, 15) is 4.79 Å². The number of nitrogen functional groups attached to an aromatic ring is 1. The van der Waals surface area contributed by atoms with Crippen molar-refractivity contribution in [2.45, 2.75) is 43.7 Å². The minimum Gasteiger partial charge on any atom is -0.446 e. The fraction of sp³-hybridized carbons (Fsp3) is 0.714. The first-order chi connectivity index (χ1) is 10.1. The van der Waals surface area contributed by atoms with Crippen LogP contribution in [0.1, 0.15) is 37.3 Å². The van der Waals surface area contributed by atoms with Gasteiger partial charge in [-0.05, 0) is 25.7 Å². The Morgan fingerprint density at radius 1 is 1.52 bits per heavy atom. The molecular weight excluding hydrogens is 272 g/mol. The normalized spacial score (nSPS) is 28.7. The number of nitrogens with zero attached hydrogens (tertiary/aromatic N) is 2. The van der Waals surface area contributed by atoms with Crippen LogP contribution in [0, 0.1) is 0 Å². The van der Waals surface area contributed by atoms with E-state index in [4.69, 9.17) is 15.2 Å². The minimum atomic E-state index is -0.250. The SMILES string of the molecule is CN(C(=O)O[C@H]1CC[C@@H](c2cc(N)n[nH]2)C1)C1CCOC1. The highest BCUT2D eigenvalue weighted by molar-refractivity contribution is 5.68. The summed E-state index contributed by atoms with van der Waals surface area (Å²) in [5.74, 6) is 0.846. The van der Waals surface area contributed by atoms with Crippen molar-refractivity contribution in [1.82, 2.24) is 15.1 Å². The van der Waals surface area contributed by atoms with Gasteiger partial charge in [-0.25, -0.2) is 4.79 Å². The summed E-state index contributed by atoms with van der Waals surface area (Å²) in [7, 11) is 1.78. The molecule has 2 aliphatic rings. The summed E-state index contributed by atoms with van der Waals surface area (Å²) in [5, 5.41) is 6.90. The van der Waals surface area contributed by atoms with Gasteiger partial charge in [0, 0.05) is 31.3 Å². The molecule has 1 saturated carbocycles. The third-order valence-corrected chi connectivity index (χ3v) is 4.45. The minimum absolute atomic E-state index is 0.0307. The van der Waals surface area contributed by atoms with Crippen LogP contribution in [0.15, 0.2) is 6.07 Å². The van der Waals surface area contributed by atoms with Crippen molar-refractivity contribution in [3.05, 3.63) is 11.8 Å². The molecule has 1 aliphatic carbocycles. The molecule has 2 heterocycles. The van der Waals surface area contributed by atoms with Gasteiger partial charge in [0.15, 0.2) is 0 Å². The Kier molecular flexibility index (Phi) is 4.01. The van der Waals surface area contributed by atoms with Gasteiger partial charge in [-0.1, -0.05) is 0 Å². The molecule has 0 radical (unpaired) electrons. The second-order valence-corrected chi connectivity index (χ2v) is 5.89. The lowest BCUT2D eigenvalue weighted by Gasteiger charge is -2.24. The Morgan fingerprint density at radius 2 is 2.38 bits per heavy atom. The average Bonchev–Trinajstić information content (AvgIpc) is 3.17. The van der Waals surface area contributed by atoms with E-state index in [0.717, 1.165) is 38.0 Å². The first-order valence-electron chi connectivity index (χ1n) is 7.45. The van der Waals surface area contributed by atoms with Crippen molar-refractivity contribution in [3.8, 4) is 0 Å². The zero-order valence-electron chi connectivity index (χ0n) is 12.2. The fourth-order valence-corrected chi connectivity index (χ4v) is 3.09. The molecule has 7 nitrogen and oxygen atoms in total. The smallest absolute Gasteiger partial charge is 0.410 e. The number of H-pyrrole nitrogens is 1. The van der Waals surface area contributed by atoms with Crippen LogP contribution in [0.2, 0.25) is 0 Å². The molecule has 1 saturated heterocycles. The number of nitrogens with one attached hydrogen (secondary N) is 1. The van der Waals surface area contributed by atoms with Crippen molar-refractivity contribution in [3.63, 3.8) is 0 Å². The van der Waals surface area contributed by atoms with E-state index in [0.29, 0.717) is 18.3 Å². The molecule has 116 valence electrons. The van der Waals surface area contributed by atoms with E-state index in [1.165, 1.54) is 0 Å². The monoisotopic (exact) mass is 294 g/mol. The summed E-state index contributed by atoms with van der Waals surface area (Å²) in [6.45, 7) is 1.32. The maximum absolute atomic E-state index is 12.1. The van der Waals surface area contributed by atoms with Gasteiger partial charge in [0.05, 0.1) is 12.6 Å². The lowest BCUT2D eigenvalue weighted by Crippen LogP contribution is -2.39. The van der Waals surface area contributed by atoms with Gasteiger partial charge < -0.3 is 20.1 Å². The molecule has 0 aromatic carbocycles. The van der Waals surface area contributed by atoms with Crippen LogP contribution in [-0.4, -0.2) is 53.6 Å². The maximum atomic E-state index is 12.1. The van der Waals surface area contributed by atoms with Crippen molar-refractivity contribution in [2.24, 2.45) is 0 Å². The maximum Gasteiger partial charge on any atom is 0.410 e. The summed E-state index contributed by atoms with van der Waals surface area (Å²) in [6, 6.07) is 2.00. The fourth-order valence-electron chi connectivity index (χ4n) is 3.09. The number of hydrogen-bond acceptors (Lipinski definition) is 5. The Labute approximate surface area is 123 Å². The Hall–Kier alpha value is -1.76. The summed E-state index contributed by atoms with van der Waals surface area (Å²) in [6.07, 6.45) is 3.28. The Morgan fingerprint density at radius 3 is 3.05 bits per heavy atom.